The van der Waals surface area contributed by atoms with Crippen molar-refractivity contribution in [2.45, 2.75) is 0 Å². The lowest BCUT2D eigenvalue weighted by atomic mass is 10.2. The maximum Gasteiger partial charge on any atom is 0.290 e. The van der Waals surface area contributed by atoms with Crippen LogP contribution in [0.3, 0.4) is 0 Å². The van der Waals surface area contributed by atoms with Gasteiger partial charge in [-0.15, -0.1) is 15.0 Å². The highest BCUT2D eigenvalue weighted by Crippen LogP contribution is 2.12. The second-order valence-electron chi connectivity index (χ2n) is 3.63. The summed E-state index contributed by atoms with van der Waals surface area (Å²) in [5.74, 6) is -0.374. The minimum atomic E-state index is -0.720. The number of primary amides is 1. The molecule has 0 unspecified atom stereocenters. The van der Waals surface area contributed by atoms with Gasteiger partial charge in [-0.2, -0.15) is 0 Å². The Morgan fingerprint density at radius 1 is 1.17 bits per heavy atom. The summed E-state index contributed by atoms with van der Waals surface area (Å²) in [6.07, 6.45) is 0. The van der Waals surface area contributed by atoms with Gasteiger partial charge in [0.2, 0.25) is 0 Å². The maximum absolute atomic E-state index is 10.9. The second kappa shape index (κ2) is 3.88. The van der Waals surface area contributed by atoms with Crippen molar-refractivity contribution in [2.24, 2.45) is 5.73 Å². The number of carbonyl (C=O) groups is 1. The first-order valence-electron chi connectivity index (χ1n) is 5.20. The molecule has 0 saturated heterocycles. The summed E-state index contributed by atoms with van der Waals surface area (Å²) in [6, 6.07) is 11.3. The molecule has 3 rings (SSSR count). The van der Waals surface area contributed by atoms with E-state index in [0.717, 1.165) is 10.9 Å². The second-order valence-corrected chi connectivity index (χ2v) is 3.63. The topological polar surface area (TPSA) is 99.6 Å². The molecule has 0 atom stereocenters. The largest absolute Gasteiger partial charge is 0.363 e. The molecule has 7 nitrogen and oxygen atoms in total. The Morgan fingerprint density at radius 3 is 2.78 bits per heavy atom. The van der Waals surface area contributed by atoms with Crippen LogP contribution < -0.4 is 5.73 Å². The molecule has 0 radical (unpaired) electrons. The number of rotatable bonds is 2. The van der Waals surface area contributed by atoms with Crippen molar-refractivity contribution in [3.05, 3.63) is 42.2 Å². The molecule has 1 amide bonds. The Morgan fingerprint density at radius 2 is 2.00 bits per heavy atom. The quantitative estimate of drug-likeness (QED) is 0.694. The SMILES string of the molecule is NC(=O)c1nnn(-c2ccc3ccccc3n2)n1. The number of nitrogens with two attached hydrogens (primary N) is 1. The zero-order valence-corrected chi connectivity index (χ0v) is 9.19. The van der Waals surface area contributed by atoms with Gasteiger partial charge >= 0.3 is 0 Å². The third-order valence-electron chi connectivity index (χ3n) is 2.42. The van der Waals surface area contributed by atoms with E-state index in [1.54, 1.807) is 6.07 Å². The monoisotopic (exact) mass is 240 g/mol. The number of nitrogens with zero attached hydrogens (tertiary/aromatic N) is 5. The highest BCUT2D eigenvalue weighted by molar-refractivity contribution is 5.88. The first-order valence-corrected chi connectivity index (χ1v) is 5.20. The fourth-order valence-electron chi connectivity index (χ4n) is 1.58. The number of pyridine rings is 1. The summed E-state index contributed by atoms with van der Waals surface area (Å²) in [6.45, 7) is 0. The third kappa shape index (κ3) is 1.67. The fourth-order valence-corrected chi connectivity index (χ4v) is 1.58. The van der Waals surface area contributed by atoms with Crippen LogP contribution in [0.15, 0.2) is 36.4 Å². The van der Waals surface area contributed by atoms with Crippen molar-refractivity contribution in [3.63, 3.8) is 0 Å². The highest BCUT2D eigenvalue weighted by atomic mass is 16.1. The average Bonchev–Trinajstić information content (AvgIpc) is 2.88. The van der Waals surface area contributed by atoms with Gasteiger partial charge in [0, 0.05) is 5.39 Å². The Bertz CT molecular complexity index is 735. The zero-order chi connectivity index (χ0) is 12.5. The van der Waals surface area contributed by atoms with Gasteiger partial charge in [0.15, 0.2) is 5.82 Å². The standard InChI is InChI=1S/C11H8N6O/c12-10(18)11-14-16-17(15-11)9-6-5-7-3-1-2-4-8(7)13-9/h1-6H,(H2,12,18). The Kier molecular flexibility index (Phi) is 2.23. The normalized spacial score (nSPS) is 10.7. The first-order chi connectivity index (χ1) is 8.74. The van der Waals surface area contributed by atoms with Crippen molar-refractivity contribution < 1.29 is 4.79 Å². The van der Waals surface area contributed by atoms with Gasteiger partial charge in [0.1, 0.15) is 0 Å². The highest BCUT2D eigenvalue weighted by Gasteiger charge is 2.10. The van der Waals surface area contributed by atoms with E-state index >= 15 is 0 Å². The van der Waals surface area contributed by atoms with Crippen LogP contribution in [-0.2, 0) is 0 Å². The summed E-state index contributed by atoms with van der Waals surface area (Å²) < 4.78 is 0. The van der Waals surface area contributed by atoms with Crippen LogP contribution in [0.25, 0.3) is 16.7 Å². The average molecular weight is 240 g/mol. The predicted octanol–water partition coefficient (Wildman–Crippen LogP) is 0.309. The van der Waals surface area contributed by atoms with Crippen LogP contribution in [0.2, 0.25) is 0 Å². The molecule has 3 aromatic rings. The Hall–Kier alpha value is -2.83. The molecule has 7 heteroatoms. The number of benzene rings is 1. The minimum absolute atomic E-state index is 0.134. The zero-order valence-electron chi connectivity index (χ0n) is 9.19. The molecule has 1 aromatic carbocycles. The number of amides is 1. The van der Waals surface area contributed by atoms with Crippen molar-refractivity contribution in [1.29, 1.82) is 0 Å². The molecule has 0 saturated carbocycles. The third-order valence-corrected chi connectivity index (χ3v) is 2.42. The molecule has 2 N–H and O–H groups in total. The van der Waals surface area contributed by atoms with Crippen LogP contribution in [0, 0.1) is 0 Å². The lowest BCUT2D eigenvalue weighted by molar-refractivity contribution is 0.0990. The lowest BCUT2D eigenvalue weighted by Crippen LogP contribution is -2.13. The molecule has 0 fully saturated rings. The molecule has 2 heterocycles. The van der Waals surface area contributed by atoms with E-state index in [2.05, 4.69) is 20.4 Å². The summed E-state index contributed by atoms with van der Waals surface area (Å²) in [7, 11) is 0. The number of carbonyl (C=O) groups excluding carboxylic acids is 1. The van der Waals surface area contributed by atoms with E-state index in [1.165, 1.54) is 4.80 Å². The van der Waals surface area contributed by atoms with Gasteiger partial charge in [0.25, 0.3) is 11.7 Å². The van der Waals surface area contributed by atoms with Crippen molar-refractivity contribution in [2.75, 3.05) is 0 Å². The first kappa shape index (κ1) is 10.3. The lowest BCUT2D eigenvalue weighted by Gasteiger charge is -2.00. The molecular weight excluding hydrogens is 232 g/mol. The van der Waals surface area contributed by atoms with Gasteiger partial charge in [-0.25, -0.2) is 4.98 Å². The summed E-state index contributed by atoms with van der Waals surface area (Å²) in [5.41, 5.74) is 5.87. The van der Waals surface area contributed by atoms with E-state index in [4.69, 9.17) is 5.73 Å². The van der Waals surface area contributed by atoms with E-state index < -0.39 is 5.91 Å². The van der Waals surface area contributed by atoms with Gasteiger partial charge in [-0.1, -0.05) is 18.2 Å². The van der Waals surface area contributed by atoms with Crippen molar-refractivity contribution >= 4 is 16.8 Å². The van der Waals surface area contributed by atoms with Crippen LogP contribution >= 0.6 is 0 Å². The molecule has 18 heavy (non-hydrogen) atoms. The fraction of sp³-hybridized carbons (Fsp3) is 0. The summed E-state index contributed by atoms with van der Waals surface area (Å²) in [4.78, 5) is 16.4. The van der Waals surface area contributed by atoms with Gasteiger partial charge in [-0.05, 0) is 23.4 Å². The van der Waals surface area contributed by atoms with E-state index in [0.29, 0.717) is 5.82 Å². The van der Waals surface area contributed by atoms with E-state index in [1.807, 2.05) is 30.3 Å². The number of hydrogen-bond donors (Lipinski definition) is 1. The smallest absolute Gasteiger partial charge is 0.290 e. The Labute approximate surface area is 101 Å². The summed E-state index contributed by atoms with van der Waals surface area (Å²) in [5, 5.41) is 12.1. The summed E-state index contributed by atoms with van der Waals surface area (Å²) >= 11 is 0. The van der Waals surface area contributed by atoms with Crippen LogP contribution in [0.1, 0.15) is 10.6 Å². The number of fused-ring (bicyclic) bond motifs is 1. The van der Waals surface area contributed by atoms with Crippen molar-refractivity contribution in [1.82, 2.24) is 25.2 Å². The Balaban J connectivity index is 2.10. The number of para-hydroxylation sites is 1. The predicted molar refractivity (Wildman–Crippen MR) is 63.0 cm³/mol. The number of hydrogen-bond acceptors (Lipinski definition) is 5. The molecule has 88 valence electrons. The van der Waals surface area contributed by atoms with E-state index in [9.17, 15) is 4.79 Å². The van der Waals surface area contributed by atoms with E-state index in [-0.39, 0.29) is 5.82 Å². The molecule has 0 bridgehead atoms. The molecular formula is C11H8N6O. The number of aromatic nitrogens is 5. The van der Waals surface area contributed by atoms with Crippen LogP contribution in [0.4, 0.5) is 0 Å². The molecule has 0 spiro atoms. The molecule has 0 aliphatic rings. The van der Waals surface area contributed by atoms with Gasteiger partial charge < -0.3 is 5.73 Å². The minimum Gasteiger partial charge on any atom is -0.363 e. The van der Waals surface area contributed by atoms with Crippen LogP contribution in [-0.4, -0.2) is 31.1 Å². The molecule has 0 aliphatic carbocycles. The van der Waals surface area contributed by atoms with Gasteiger partial charge in [0.05, 0.1) is 5.52 Å². The molecule has 0 aliphatic heterocycles. The number of tetrazole rings is 1. The van der Waals surface area contributed by atoms with Crippen LogP contribution in [0.5, 0.6) is 0 Å². The maximum atomic E-state index is 10.9. The van der Waals surface area contributed by atoms with Gasteiger partial charge in [-0.3, -0.25) is 4.79 Å². The van der Waals surface area contributed by atoms with Crippen molar-refractivity contribution in [3.8, 4) is 5.82 Å². The molecule has 2 aromatic heterocycles.